The van der Waals surface area contributed by atoms with Crippen molar-refractivity contribution in [3.05, 3.63) is 151 Å². The van der Waals surface area contributed by atoms with E-state index >= 15 is 8.78 Å². The molecule has 12 nitrogen and oxygen atoms in total. The van der Waals surface area contributed by atoms with Crippen molar-refractivity contribution in [3.8, 4) is 11.8 Å². The van der Waals surface area contributed by atoms with Crippen LogP contribution in [0.25, 0.3) is 10.2 Å². The Morgan fingerprint density at radius 3 is 2.41 bits per heavy atom. The first-order chi connectivity index (χ1) is 35.6. The third kappa shape index (κ3) is 10.6. The van der Waals surface area contributed by atoms with Gasteiger partial charge in [-0.15, -0.1) is 11.3 Å². The van der Waals surface area contributed by atoms with E-state index in [9.17, 15) is 23.6 Å². The molecule has 6 aromatic rings. The van der Waals surface area contributed by atoms with Gasteiger partial charge in [-0.05, 0) is 143 Å². The monoisotopic (exact) mass is 1040 g/mol. The third-order valence-electron chi connectivity index (χ3n) is 14.7. The molecule has 4 amide bonds. The van der Waals surface area contributed by atoms with E-state index in [0.717, 1.165) is 66.1 Å². The zero-order chi connectivity index (χ0) is 51.8. The number of rotatable bonds is 14. The lowest BCUT2D eigenvalue weighted by Crippen LogP contribution is -2.51. The minimum Gasteiger partial charge on any atom is -0.383 e. The third-order valence-corrected chi connectivity index (χ3v) is 16.1. The number of amides is 4. The largest absolute Gasteiger partial charge is 0.383 e. The lowest BCUT2D eigenvalue weighted by Gasteiger charge is -2.35. The molecular weight excluding hydrogens is 985 g/mol. The number of fused-ring (bicyclic) bond motifs is 5. The van der Waals surface area contributed by atoms with Gasteiger partial charge in [-0.3, -0.25) is 19.2 Å². The molecule has 2 fully saturated rings. The number of carbonyl (C=O) groups excluding carboxylic acids is 4. The number of hydrogen-bond donors (Lipinski definition) is 5. The van der Waals surface area contributed by atoms with Crippen LogP contribution in [0.3, 0.4) is 0 Å². The number of piperazine rings is 1. The van der Waals surface area contributed by atoms with E-state index in [1.165, 1.54) is 76.2 Å². The number of nitrogens with one attached hydrogen (secondary N) is 5. The lowest BCUT2D eigenvalue weighted by atomic mass is 9.86. The molecule has 0 unspecified atom stereocenters. The highest BCUT2D eigenvalue weighted by atomic mass is 35.5. The van der Waals surface area contributed by atoms with Gasteiger partial charge in [0.25, 0.3) is 17.7 Å². The predicted molar refractivity (Wildman–Crippen MR) is 283 cm³/mol. The van der Waals surface area contributed by atoms with Crippen LogP contribution in [-0.4, -0.2) is 72.9 Å². The van der Waals surface area contributed by atoms with E-state index in [1.807, 2.05) is 19.1 Å². The minimum atomic E-state index is -0.968. The van der Waals surface area contributed by atoms with E-state index in [2.05, 4.69) is 61.5 Å². The van der Waals surface area contributed by atoms with Gasteiger partial charge < -0.3 is 36.4 Å². The van der Waals surface area contributed by atoms with Gasteiger partial charge in [0.15, 0.2) is 0 Å². The number of hydrogen-bond acceptors (Lipinski definition) is 9. The van der Waals surface area contributed by atoms with E-state index < -0.39 is 46.8 Å². The summed E-state index contributed by atoms with van der Waals surface area (Å²) in [6, 6.07) is 22.8. The van der Waals surface area contributed by atoms with E-state index in [1.54, 1.807) is 19.9 Å². The summed E-state index contributed by atoms with van der Waals surface area (Å²) >= 11 is 7.65. The topological polar surface area (TPSA) is 148 Å². The molecule has 17 heteroatoms. The van der Waals surface area contributed by atoms with Crippen LogP contribution in [0.1, 0.15) is 105 Å². The number of pyridine rings is 1. The van der Waals surface area contributed by atoms with Crippen molar-refractivity contribution in [1.29, 1.82) is 0 Å². The van der Waals surface area contributed by atoms with Crippen molar-refractivity contribution in [3.63, 3.8) is 0 Å². The zero-order valence-electron chi connectivity index (χ0n) is 41.3. The number of anilines is 3. The normalized spacial score (nSPS) is 18.4. The molecule has 4 aliphatic rings. The molecule has 2 bridgehead atoms. The van der Waals surface area contributed by atoms with Crippen molar-refractivity contribution < 1.29 is 32.3 Å². The number of thiophene rings is 1. The van der Waals surface area contributed by atoms with Gasteiger partial charge in [-0.1, -0.05) is 35.7 Å². The summed E-state index contributed by atoms with van der Waals surface area (Å²) < 4.78 is 45.3. The fourth-order valence-corrected chi connectivity index (χ4v) is 12.0. The Bertz CT molecular complexity index is 3240. The first kappa shape index (κ1) is 50.6. The molecule has 382 valence electrons. The molecule has 1 aliphatic carbocycles. The van der Waals surface area contributed by atoms with Crippen molar-refractivity contribution in [2.45, 2.75) is 102 Å². The van der Waals surface area contributed by atoms with Gasteiger partial charge in [0.2, 0.25) is 5.91 Å². The second kappa shape index (κ2) is 21.1. The Hall–Kier alpha value is -6.93. The molecule has 0 saturated carbocycles. The summed E-state index contributed by atoms with van der Waals surface area (Å²) in [5, 5.41) is 16.8. The Morgan fingerprint density at radius 2 is 1.64 bits per heavy atom. The van der Waals surface area contributed by atoms with Crippen LogP contribution in [0.4, 0.5) is 30.2 Å². The van der Waals surface area contributed by atoms with Crippen LogP contribution < -0.4 is 36.4 Å². The number of carbonyl (C=O) groups is 4. The van der Waals surface area contributed by atoms with Crippen molar-refractivity contribution >= 4 is 73.8 Å². The first-order valence-corrected chi connectivity index (χ1v) is 26.3. The number of aryl methyl sites for hydroxylation is 2. The van der Waals surface area contributed by atoms with Gasteiger partial charge in [0, 0.05) is 107 Å². The van der Waals surface area contributed by atoms with Crippen LogP contribution >= 0.6 is 22.9 Å². The summed E-state index contributed by atoms with van der Waals surface area (Å²) in [7, 11) is 0. The Labute approximate surface area is 436 Å². The van der Waals surface area contributed by atoms with Crippen molar-refractivity contribution in [2.75, 3.05) is 41.3 Å². The van der Waals surface area contributed by atoms with Crippen LogP contribution in [0, 0.1) is 36.2 Å². The molecule has 2 saturated heterocycles. The molecule has 3 aliphatic heterocycles. The van der Waals surface area contributed by atoms with E-state index in [4.69, 9.17) is 16.6 Å². The smallest absolute Gasteiger partial charge is 0.296 e. The number of unbranched alkanes of at least 4 members (excludes halogenated alkanes) is 1. The lowest BCUT2D eigenvalue weighted by molar-refractivity contribution is -0.122. The second-order valence-electron chi connectivity index (χ2n) is 20.2. The summed E-state index contributed by atoms with van der Waals surface area (Å²) in [5.41, 5.74) is 5.37. The highest BCUT2D eigenvalue weighted by Crippen LogP contribution is 2.44. The number of halogens is 4. The fraction of sp³-hybridized carbons (Fsp3) is 0.351. The second-order valence-corrected chi connectivity index (χ2v) is 21.6. The number of nitrogens with zero attached hydrogens (tertiary/aromatic N) is 3. The maximum absolute atomic E-state index is 15.3. The standard InChI is InChI=1S/C57H56ClF3N8O4S/c1-32-9-18-41-51(52(74-55(41)65-32)54(72)67-37-14-11-35-26-40(17-12-34(35)25-37)68-29-38-15-16-39(30-68)66-38)63-22-5-4-21-62-50(70)20-10-33-23-47(60)42(48(61)24-33)28-64-53(71)36-13-19-44-49(27-36)69(56(73)57(44,2)3)31-43-45(58)7-6-8-46(43)59/h6-9,12-13,17-19,23-24,26-27,37-39,63,66H,4-5,11,14-16,21-22,25,28-31H2,1-3H3,(H,62,70)(H,64,71)(H,67,72)/t37-,38-,39+/m0/s1. The molecule has 5 N–H and O–H groups in total. The van der Waals surface area contributed by atoms with Crippen LogP contribution in [0.15, 0.2) is 78.9 Å². The van der Waals surface area contributed by atoms with E-state index in [0.29, 0.717) is 54.1 Å². The Morgan fingerprint density at radius 1 is 0.865 bits per heavy atom. The van der Waals surface area contributed by atoms with Crippen LogP contribution in [0.5, 0.6) is 0 Å². The number of benzene rings is 4. The average Bonchev–Trinajstić information content (AvgIpc) is 3.98. The fourth-order valence-electron chi connectivity index (χ4n) is 10.7. The molecular formula is C57H56ClF3N8O4S. The number of aromatic nitrogens is 1. The molecule has 74 heavy (non-hydrogen) atoms. The van der Waals surface area contributed by atoms with Gasteiger partial charge in [0.1, 0.15) is 27.2 Å². The summed E-state index contributed by atoms with van der Waals surface area (Å²) in [4.78, 5) is 63.4. The van der Waals surface area contributed by atoms with Crippen LogP contribution in [0.2, 0.25) is 5.02 Å². The molecule has 5 heterocycles. The highest BCUT2D eigenvalue weighted by molar-refractivity contribution is 7.21. The summed E-state index contributed by atoms with van der Waals surface area (Å²) in [6.45, 7) is 7.64. The van der Waals surface area contributed by atoms with Crippen molar-refractivity contribution in [2.24, 2.45) is 0 Å². The van der Waals surface area contributed by atoms with Crippen molar-refractivity contribution in [1.82, 2.24) is 26.3 Å². The quantitative estimate of drug-likeness (QED) is 0.0537. The molecule has 2 aromatic heterocycles. The Balaban J connectivity index is 0.695. The summed E-state index contributed by atoms with van der Waals surface area (Å²) in [5.74, 6) is 0.688. The maximum Gasteiger partial charge on any atom is 0.296 e. The first-order valence-electron chi connectivity index (χ1n) is 25.1. The predicted octanol–water partition coefficient (Wildman–Crippen LogP) is 9.02. The minimum absolute atomic E-state index is 0.00938. The SMILES string of the molecule is Cc1ccc2c(NCCCCNC(=O)C#Cc3cc(F)c(CNC(=O)c4ccc5c(c4)N(Cc4c(F)cccc4Cl)C(=O)C5(C)C)c(F)c3)c(C(=O)N[C@H]3CCc4cc(N5C[C@H]6CC[C@@H](C5)N6)ccc4C3)sc2n1. The molecule has 0 radical (unpaired) electrons. The molecule has 3 atom stereocenters. The van der Waals surface area contributed by atoms with E-state index in [-0.39, 0.29) is 46.1 Å². The van der Waals surface area contributed by atoms with Crippen LogP contribution in [-0.2, 0) is 40.9 Å². The highest BCUT2D eigenvalue weighted by Gasteiger charge is 2.44. The zero-order valence-corrected chi connectivity index (χ0v) is 42.9. The van der Waals surface area contributed by atoms with Gasteiger partial charge in [-0.25, -0.2) is 18.2 Å². The molecule has 4 aromatic carbocycles. The van der Waals surface area contributed by atoms with Gasteiger partial charge in [0.05, 0.1) is 17.6 Å². The maximum atomic E-state index is 15.3. The average molecular weight is 1040 g/mol. The summed E-state index contributed by atoms with van der Waals surface area (Å²) in [6.07, 6.45) is 6.28. The van der Waals surface area contributed by atoms with Gasteiger partial charge in [-0.2, -0.15) is 0 Å². The molecule has 0 spiro atoms. The molecule has 10 rings (SSSR count). The Kier molecular flexibility index (Phi) is 14.4. The van der Waals surface area contributed by atoms with Gasteiger partial charge >= 0.3 is 0 Å².